The monoisotopic (exact) mass is 409 g/mol. The van der Waals surface area contributed by atoms with Crippen LogP contribution in [-0.2, 0) is 11.8 Å². The Bertz CT molecular complexity index is 1100. The minimum absolute atomic E-state index is 0.132. The fourth-order valence-electron chi connectivity index (χ4n) is 3.36. The number of ether oxygens (including phenoxy) is 1. The number of nitrogens with zero attached hydrogens (tertiary/aromatic N) is 4. The molecule has 0 unspecified atom stereocenters. The number of pyridine rings is 2. The SMILES string of the molecule is Cn1ccc(-c2cnn(-c3ccc(C(=O)NCC4CCOCC4)cn3)c2O)cc1=O. The van der Waals surface area contributed by atoms with Gasteiger partial charge in [0.25, 0.3) is 11.5 Å². The number of hydrogen-bond donors (Lipinski definition) is 2. The number of carbonyl (C=O) groups is 1. The molecule has 4 heterocycles. The molecule has 1 aliphatic heterocycles. The number of aromatic hydroxyl groups is 1. The second-order valence-electron chi connectivity index (χ2n) is 7.33. The zero-order chi connectivity index (χ0) is 21.1. The molecule has 30 heavy (non-hydrogen) atoms. The number of amides is 1. The van der Waals surface area contributed by atoms with Crippen LogP contribution < -0.4 is 10.9 Å². The maximum atomic E-state index is 12.4. The van der Waals surface area contributed by atoms with Crippen LogP contribution in [-0.4, -0.2) is 50.1 Å². The van der Waals surface area contributed by atoms with Crippen LogP contribution in [0, 0.1) is 5.92 Å². The smallest absolute Gasteiger partial charge is 0.252 e. The van der Waals surface area contributed by atoms with Crippen molar-refractivity contribution in [1.29, 1.82) is 0 Å². The highest BCUT2D eigenvalue weighted by molar-refractivity contribution is 5.93. The summed E-state index contributed by atoms with van der Waals surface area (Å²) in [4.78, 5) is 28.5. The van der Waals surface area contributed by atoms with E-state index in [1.54, 1.807) is 31.4 Å². The van der Waals surface area contributed by atoms with Crippen molar-refractivity contribution < 1.29 is 14.6 Å². The number of nitrogens with one attached hydrogen (secondary N) is 1. The normalized spacial score (nSPS) is 14.6. The van der Waals surface area contributed by atoms with Gasteiger partial charge < -0.3 is 19.7 Å². The van der Waals surface area contributed by atoms with Crippen molar-refractivity contribution in [3.8, 4) is 22.8 Å². The molecule has 0 aliphatic carbocycles. The summed E-state index contributed by atoms with van der Waals surface area (Å²) in [6.45, 7) is 2.09. The predicted octanol–water partition coefficient (Wildman–Crippen LogP) is 1.49. The Hall–Kier alpha value is -3.46. The Balaban J connectivity index is 1.47. The Labute approximate surface area is 172 Å². The van der Waals surface area contributed by atoms with Gasteiger partial charge in [-0.3, -0.25) is 9.59 Å². The summed E-state index contributed by atoms with van der Waals surface area (Å²) < 4.78 is 8.03. The molecule has 0 bridgehead atoms. The second kappa shape index (κ2) is 8.50. The minimum Gasteiger partial charge on any atom is -0.493 e. The van der Waals surface area contributed by atoms with Crippen LogP contribution in [0.1, 0.15) is 23.2 Å². The topological polar surface area (TPSA) is 111 Å². The first-order valence-electron chi connectivity index (χ1n) is 9.79. The zero-order valence-electron chi connectivity index (χ0n) is 16.6. The summed E-state index contributed by atoms with van der Waals surface area (Å²) in [6.07, 6.45) is 6.45. The van der Waals surface area contributed by atoms with Crippen molar-refractivity contribution in [3.63, 3.8) is 0 Å². The lowest BCUT2D eigenvalue weighted by atomic mass is 10.0. The van der Waals surface area contributed by atoms with Gasteiger partial charge in [0.15, 0.2) is 5.82 Å². The Morgan fingerprint density at radius 3 is 2.77 bits per heavy atom. The van der Waals surface area contributed by atoms with Crippen LogP contribution in [0.2, 0.25) is 0 Å². The van der Waals surface area contributed by atoms with Crippen LogP contribution in [0.15, 0.2) is 47.7 Å². The van der Waals surface area contributed by atoms with Crippen LogP contribution in [0.3, 0.4) is 0 Å². The highest BCUT2D eigenvalue weighted by Crippen LogP contribution is 2.29. The molecule has 0 spiro atoms. The summed E-state index contributed by atoms with van der Waals surface area (Å²) in [5.74, 6) is 0.478. The van der Waals surface area contributed by atoms with Gasteiger partial charge in [-0.1, -0.05) is 0 Å². The van der Waals surface area contributed by atoms with E-state index in [2.05, 4.69) is 15.4 Å². The summed E-state index contributed by atoms with van der Waals surface area (Å²) in [6, 6.07) is 6.41. The second-order valence-corrected chi connectivity index (χ2v) is 7.33. The molecule has 156 valence electrons. The van der Waals surface area contributed by atoms with Crippen molar-refractivity contribution in [2.24, 2.45) is 13.0 Å². The lowest BCUT2D eigenvalue weighted by Crippen LogP contribution is -2.32. The molecular weight excluding hydrogens is 386 g/mol. The molecule has 0 atom stereocenters. The molecule has 2 N–H and O–H groups in total. The van der Waals surface area contributed by atoms with Gasteiger partial charge in [-0.25, -0.2) is 4.98 Å². The van der Waals surface area contributed by atoms with Gasteiger partial charge >= 0.3 is 0 Å². The molecule has 9 nitrogen and oxygen atoms in total. The number of aryl methyl sites for hydroxylation is 1. The third-order valence-electron chi connectivity index (χ3n) is 5.28. The van der Waals surface area contributed by atoms with Crippen LogP contribution in [0.5, 0.6) is 5.88 Å². The largest absolute Gasteiger partial charge is 0.493 e. The third-order valence-corrected chi connectivity index (χ3v) is 5.28. The van der Waals surface area contributed by atoms with E-state index in [1.165, 1.54) is 27.7 Å². The summed E-state index contributed by atoms with van der Waals surface area (Å²) >= 11 is 0. The number of rotatable bonds is 5. The van der Waals surface area contributed by atoms with Crippen molar-refractivity contribution >= 4 is 5.91 Å². The summed E-state index contributed by atoms with van der Waals surface area (Å²) in [7, 11) is 1.65. The molecule has 1 amide bonds. The average molecular weight is 409 g/mol. The van der Waals surface area contributed by atoms with Gasteiger partial charge in [-0.05, 0) is 42.5 Å². The highest BCUT2D eigenvalue weighted by Gasteiger charge is 2.17. The number of carbonyl (C=O) groups excluding carboxylic acids is 1. The van der Waals surface area contributed by atoms with Gasteiger partial charge in [0, 0.05) is 45.3 Å². The highest BCUT2D eigenvalue weighted by atomic mass is 16.5. The lowest BCUT2D eigenvalue weighted by molar-refractivity contribution is 0.0642. The van der Waals surface area contributed by atoms with E-state index < -0.39 is 0 Å². The Morgan fingerprint density at radius 1 is 1.27 bits per heavy atom. The summed E-state index contributed by atoms with van der Waals surface area (Å²) in [5.41, 5.74) is 1.23. The van der Waals surface area contributed by atoms with Crippen LogP contribution >= 0.6 is 0 Å². The molecule has 1 fully saturated rings. The molecule has 0 radical (unpaired) electrons. The Morgan fingerprint density at radius 2 is 2.07 bits per heavy atom. The first-order valence-corrected chi connectivity index (χ1v) is 9.79. The molecule has 3 aromatic rings. The fourth-order valence-corrected chi connectivity index (χ4v) is 3.36. The van der Waals surface area contributed by atoms with Crippen molar-refractivity contribution in [2.75, 3.05) is 19.8 Å². The van der Waals surface area contributed by atoms with Gasteiger partial charge in [0.1, 0.15) is 0 Å². The quantitative estimate of drug-likeness (QED) is 0.661. The van der Waals surface area contributed by atoms with E-state index in [0.717, 1.165) is 26.1 Å². The maximum Gasteiger partial charge on any atom is 0.252 e. The first-order chi connectivity index (χ1) is 14.5. The lowest BCUT2D eigenvalue weighted by Gasteiger charge is -2.22. The van der Waals surface area contributed by atoms with Crippen LogP contribution in [0.4, 0.5) is 0 Å². The first kappa shape index (κ1) is 19.8. The van der Waals surface area contributed by atoms with Crippen molar-refractivity contribution in [2.45, 2.75) is 12.8 Å². The average Bonchev–Trinajstić information content (AvgIpc) is 3.16. The Kier molecular flexibility index (Phi) is 5.62. The van der Waals surface area contributed by atoms with Gasteiger partial charge in [0.2, 0.25) is 5.88 Å². The molecule has 4 rings (SSSR count). The molecule has 0 aromatic carbocycles. The zero-order valence-corrected chi connectivity index (χ0v) is 16.6. The maximum absolute atomic E-state index is 12.4. The van der Waals surface area contributed by atoms with Crippen molar-refractivity contribution in [3.05, 3.63) is 58.8 Å². The number of hydrogen-bond acceptors (Lipinski definition) is 6. The van der Waals surface area contributed by atoms with E-state index in [4.69, 9.17) is 4.74 Å². The van der Waals surface area contributed by atoms with Gasteiger partial charge in [-0.15, -0.1) is 0 Å². The summed E-state index contributed by atoms with van der Waals surface area (Å²) in [5, 5.41) is 17.7. The molecular formula is C21H23N5O4. The van der Waals surface area contributed by atoms with Gasteiger partial charge in [0.05, 0.1) is 17.3 Å². The van der Waals surface area contributed by atoms with E-state index in [1.807, 2.05) is 0 Å². The third kappa shape index (κ3) is 4.11. The standard InChI is InChI=1S/C21H23N5O4/c1-25-7-4-15(10-19(25)27)17-13-24-26(21(17)29)18-3-2-16(12-22-18)20(28)23-11-14-5-8-30-9-6-14/h2-4,7,10,12-14,29H,5-6,8-9,11H2,1H3,(H,23,28). The van der Waals surface area contributed by atoms with Crippen molar-refractivity contribution in [1.82, 2.24) is 24.6 Å². The minimum atomic E-state index is -0.189. The van der Waals surface area contributed by atoms with E-state index in [0.29, 0.717) is 35.0 Å². The predicted molar refractivity (Wildman–Crippen MR) is 110 cm³/mol. The molecule has 1 saturated heterocycles. The van der Waals surface area contributed by atoms with Crippen LogP contribution in [0.25, 0.3) is 16.9 Å². The molecule has 3 aromatic heterocycles. The van der Waals surface area contributed by atoms with E-state index in [9.17, 15) is 14.7 Å². The molecule has 1 aliphatic rings. The fraction of sp³-hybridized carbons (Fsp3) is 0.333. The molecule has 0 saturated carbocycles. The number of aromatic nitrogens is 4. The van der Waals surface area contributed by atoms with E-state index >= 15 is 0 Å². The molecule has 9 heteroatoms. The van der Waals surface area contributed by atoms with Gasteiger partial charge in [-0.2, -0.15) is 9.78 Å². The van der Waals surface area contributed by atoms with E-state index in [-0.39, 0.29) is 17.3 Å².